The van der Waals surface area contributed by atoms with E-state index in [1.807, 2.05) is 30.3 Å². The zero-order valence-corrected chi connectivity index (χ0v) is 25.7. The molecular weight excluding hydrogens is 565 g/mol. The molecule has 4 rings (SSSR count). The smallest absolute Gasteiger partial charge is 0.243 e. The summed E-state index contributed by atoms with van der Waals surface area (Å²) in [6, 6.07) is 21.5. The van der Waals surface area contributed by atoms with Crippen molar-refractivity contribution in [2.24, 2.45) is 0 Å². The van der Waals surface area contributed by atoms with Crippen LogP contribution in [0.25, 0.3) is 0 Å². The van der Waals surface area contributed by atoms with Gasteiger partial charge in [-0.25, -0.2) is 12.8 Å². The molecule has 7 nitrogen and oxygen atoms in total. The van der Waals surface area contributed by atoms with Gasteiger partial charge in [-0.3, -0.25) is 9.59 Å². The summed E-state index contributed by atoms with van der Waals surface area (Å²) in [6.07, 6.45) is 5.49. The predicted molar refractivity (Wildman–Crippen MR) is 166 cm³/mol. The Morgan fingerprint density at radius 3 is 2.19 bits per heavy atom. The van der Waals surface area contributed by atoms with Crippen LogP contribution in [-0.2, 0) is 39.0 Å². The van der Waals surface area contributed by atoms with E-state index >= 15 is 0 Å². The van der Waals surface area contributed by atoms with Crippen molar-refractivity contribution in [2.75, 3.05) is 19.6 Å². The summed E-state index contributed by atoms with van der Waals surface area (Å²) < 4.78 is 41.0. The largest absolute Gasteiger partial charge is 0.354 e. The van der Waals surface area contributed by atoms with Gasteiger partial charge < -0.3 is 10.2 Å². The van der Waals surface area contributed by atoms with E-state index in [-0.39, 0.29) is 35.5 Å². The SMILES string of the molecule is CCCCCNC(=O)[C@H](Cc1ccccc1)N(Cc1ccc(F)cc1)C(=O)CCc1ccc(S(=O)(=O)N2CCCC2)cc1. The predicted octanol–water partition coefficient (Wildman–Crippen LogP) is 5.49. The van der Waals surface area contributed by atoms with Gasteiger partial charge in [-0.05, 0) is 66.6 Å². The van der Waals surface area contributed by atoms with Crippen LogP contribution in [0.15, 0.2) is 83.8 Å². The lowest BCUT2D eigenvalue weighted by Gasteiger charge is -2.31. The Balaban J connectivity index is 1.53. The molecule has 43 heavy (non-hydrogen) atoms. The zero-order valence-electron chi connectivity index (χ0n) is 24.9. The Morgan fingerprint density at radius 2 is 1.53 bits per heavy atom. The number of carbonyl (C=O) groups is 2. The summed E-state index contributed by atoms with van der Waals surface area (Å²) in [6.45, 7) is 3.87. The van der Waals surface area contributed by atoms with E-state index in [4.69, 9.17) is 0 Å². The van der Waals surface area contributed by atoms with Gasteiger partial charge in [0.2, 0.25) is 21.8 Å². The fourth-order valence-electron chi connectivity index (χ4n) is 5.35. The molecule has 0 radical (unpaired) electrons. The number of benzene rings is 3. The molecule has 0 spiro atoms. The number of hydrogen-bond acceptors (Lipinski definition) is 4. The molecule has 0 aliphatic carbocycles. The van der Waals surface area contributed by atoms with Gasteiger partial charge in [0.05, 0.1) is 4.90 Å². The van der Waals surface area contributed by atoms with Crippen molar-refractivity contribution in [3.8, 4) is 0 Å². The van der Waals surface area contributed by atoms with Crippen LogP contribution < -0.4 is 5.32 Å². The van der Waals surface area contributed by atoms with E-state index in [0.29, 0.717) is 32.5 Å². The number of hydrogen-bond donors (Lipinski definition) is 1. The van der Waals surface area contributed by atoms with Gasteiger partial charge in [0.25, 0.3) is 0 Å². The number of nitrogens with one attached hydrogen (secondary N) is 1. The van der Waals surface area contributed by atoms with Crippen molar-refractivity contribution in [1.29, 1.82) is 0 Å². The molecule has 3 aromatic carbocycles. The van der Waals surface area contributed by atoms with Crippen LogP contribution >= 0.6 is 0 Å². The average molecular weight is 608 g/mol. The van der Waals surface area contributed by atoms with Gasteiger partial charge in [0.15, 0.2) is 0 Å². The molecule has 0 saturated carbocycles. The second kappa shape index (κ2) is 15.8. The van der Waals surface area contributed by atoms with E-state index in [1.54, 1.807) is 41.3 Å². The number of nitrogens with zero attached hydrogens (tertiary/aromatic N) is 2. The molecule has 1 N–H and O–H groups in total. The summed E-state index contributed by atoms with van der Waals surface area (Å²) in [7, 11) is -3.51. The first kappa shape index (κ1) is 32.4. The Morgan fingerprint density at radius 1 is 0.884 bits per heavy atom. The molecule has 3 aromatic rings. The first-order valence-corrected chi connectivity index (χ1v) is 16.7. The Hall–Kier alpha value is -3.56. The first-order chi connectivity index (χ1) is 20.8. The van der Waals surface area contributed by atoms with E-state index in [1.165, 1.54) is 16.4 Å². The van der Waals surface area contributed by atoms with Gasteiger partial charge in [-0.1, -0.05) is 74.4 Å². The van der Waals surface area contributed by atoms with Crippen LogP contribution in [0.2, 0.25) is 0 Å². The van der Waals surface area contributed by atoms with Crippen molar-refractivity contribution < 1.29 is 22.4 Å². The molecular formula is C34H42FN3O4S. The number of carbonyl (C=O) groups excluding carboxylic acids is 2. The molecule has 1 heterocycles. The highest BCUT2D eigenvalue weighted by Gasteiger charge is 2.30. The Labute approximate surface area is 255 Å². The van der Waals surface area contributed by atoms with Crippen LogP contribution in [0.1, 0.15) is 62.1 Å². The maximum atomic E-state index is 13.9. The van der Waals surface area contributed by atoms with Crippen molar-refractivity contribution in [1.82, 2.24) is 14.5 Å². The monoisotopic (exact) mass is 607 g/mol. The molecule has 1 fully saturated rings. The zero-order chi connectivity index (χ0) is 30.7. The quantitative estimate of drug-likeness (QED) is 0.232. The second-order valence-electron chi connectivity index (χ2n) is 11.1. The lowest BCUT2D eigenvalue weighted by atomic mass is 10.0. The molecule has 9 heteroatoms. The molecule has 1 saturated heterocycles. The minimum absolute atomic E-state index is 0.133. The van der Waals surface area contributed by atoms with Crippen LogP contribution in [0.4, 0.5) is 4.39 Å². The number of halogens is 1. The van der Waals surface area contributed by atoms with Gasteiger partial charge >= 0.3 is 0 Å². The second-order valence-corrected chi connectivity index (χ2v) is 13.0. The van der Waals surface area contributed by atoms with Crippen molar-refractivity contribution in [2.45, 2.75) is 75.8 Å². The van der Waals surface area contributed by atoms with Crippen LogP contribution in [0.3, 0.4) is 0 Å². The minimum Gasteiger partial charge on any atom is -0.354 e. The summed E-state index contributed by atoms with van der Waals surface area (Å²) in [4.78, 5) is 29.3. The standard InChI is InChI=1S/C34H42FN3O4S/c1-2-3-7-22-36-34(40)32(25-28-10-5-4-6-11-28)38(26-29-12-17-30(35)18-13-29)33(39)21-16-27-14-19-31(20-15-27)43(41,42)37-23-8-9-24-37/h4-6,10-15,17-20,32H,2-3,7-9,16,21-26H2,1H3,(H,36,40)/t32-/m0/s1. The third kappa shape index (κ3) is 9.21. The topological polar surface area (TPSA) is 86.8 Å². The van der Waals surface area contributed by atoms with Crippen LogP contribution in [0.5, 0.6) is 0 Å². The van der Waals surface area contributed by atoms with Crippen molar-refractivity contribution >= 4 is 21.8 Å². The van der Waals surface area contributed by atoms with E-state index in [2.05, 4.69) is 12.2 Å². The first-order valence-electron chi connectivity index (χ1n) is 15.2. The summed E-state index contributed by atoms with van der Waals surface area (Å²) in [5, 5.41) is 3.03. The fraction of sp³-hybridized carbons (Fsp3) is 0.412. The van der Waals surface area contributed by atoms with E-state index in [9.17, 15) is 22.4 Å². The lowest BCUT2D eigenvalue weighted by Crippen LogP contribution is -2.50. The number of rotatable bonds is 15. The number of amides is 2. The molecule has 230 valence electrons. The lowest BCUT2D eigenvalue weighted by molar-refractivity contribution is -0.141. The molecule has 1 aliphatic rings. The average Bonchev–Trinajstić information content (AvgIpc) is 3.58. The molecule has 2 amide bonds. The normalized spacial score (nSPS) is 14.4. The number of aryl methyl sites for hydroxylation is 1. The van der Waals surface area contributed by atoms with E-state index in [0.717, 1.165) is 48.8 Å². The third-order valence-corrected chi connectivity index (χ3v) is 9.78. The maximum Gasteiger partial charge on any atom is 0.243 e. The van der Waals surface area contributed by atoms with Crippen LogP contribution in [0, 0.1) is 5.82 Å². The third-order valence-electron chi connectivity index (χ3n) is 7.87. The molecule has 0 aromatic heterocycles. The minimum atomic E-state index is -3.51. The fourth-order valence-corrected chi connectivity index (χ4v) is 6.86. The Kier molecular flexibility index (Phi) is 11.9. The van der Waals surface area contributed by atoms with Crippen molar-refractivity contribution in [3.05, 3.63) is 101 Å². The van der Waals surface area contributed by atoms with E-state index < -0.39 is 16.1 Å². The Bertz CT molecular complexity index is 1420. The van der Waals surface area contributed by atoms with Gasteiger partial charge in [-0.2, -0.15) is 4.31 Å². The summed E-state index contributed by atoms with van der Waals surface area (Å²) in [5.74, 6) is -0.791. The molecule has 0 unspecified atom stereocenters. The highest BCUT2D eigenvalue weighted by Crippen LogP contribution is 2.22. The highest BCUT2D eigenvalue weighted by molar-refractivity contribution is 7.89. The highest BCUT2D eigenvalue weighted by atomic mass is 32.2. The van der Waals surface area contributed by atoms with Gasteiger partial charge in [0.1, 0.15) is 11.9 Å². The summed E-state index contributed by atoms with van der Waals surface area (Å²) >= 11 is 0. The van der Waals surface area contributed by atoms with Gasteiger partial charge in [-0.15, -0.1) is 0 Å². The molecule has 1 aliphatic heterocycles. The summed E-state index contributed by atoms with van der Waals surface area (Å²) in [5.41, 5.74) is 2.49. The maximum absolute atomic E-state index is 13.9. The number of unbranched alkanes of at least 4 members (excludes halogenated alkanes) is 2. The molecule has 0 bridgehead atoms. The number of sulfonamides is 1. The van der Waals surface area contributed by atoms with Crippen LogP contribution in [-0.4, -0.2) is 55.1 Å². The van der Waals surface area contributed by atoms with Crippen molar-refractivity contribution in [3.63, 3.8) is 0 Å². The molecule has 1 atom stereocenters. The van der Waals surface area contributed by atoms with Gasteiger partial charge in [0, 0.05) is 39.0 Å².